The Hall–Kier alpha value is -3.55. The minimum atomic E-state index is -0.0586. The van der Waals surface area contributed by atoms with Gasteiger partial charge in [-0.3, -0.25) is 4.79 Å². The van der Waals surface area contributed by atoms with Gasteiger partial charge in [0.05, 0.1) is 5.56 Å². The molecule has 29 heavy (non-hydrogen) atoms. The van der Waals surface area contributed by atoms with Gasteiger partial charge in [0, 0.05) is 56.7 Å². The predicted molar refractivity (Wildman–Crippen MR) is 111 cm³/mol. The number of carbonyl (C=O) groups is 1. The molecule has 8 nitrogen and oxygen atoms in total. The van der Waals surface area contributed by atoms with E-state index in [1.807, 2.05) is 24.0 Å². The Morgan fingerprint density at radius 2 is 1.66 bits per heavy atom. The molecule has 0 atom stereocenters. The molecular weight excluding hydrogens is 366 g/mol. The zero-order chi connectivity index (χ0) is 20.2. The first-order valence-electron chi connectivity index (χ1n) is 9.58. The number of amides is 1. The van der Waals surface area contributed by atoms with E-state index in [0.717, 1.165) is 11.3 Å². The normalized spacial score (nSPS) is 14.0. The minimum Gasteiger partial charge on any atom is -0.337 e. The zero-order valence-electron chi connectivity index (χ0n) is 16.5. The van der Waals surface area contributed by atoms with Crippen molar-refractivity contribution in [3.05, 3.63) is 65.7 Å². The summed E-state index contributed by atoms with van der Waals surface area (Å²) in [6.07, 6.45) is 6.61. The number of hydrogen-bond donors (Lipinski definition) is 1. The van der Waals surface area contributed by atoms with Crippen molar-refractivity contribution in [1.29, 1.82) is 0 Å². The van der Waals surface area contributed by atoms with Crippen LogP contribution >= 0.6 is 0 Å². The summed E-state index contributed by atoms with van der Waals surface area (Å²) in [5.41, 5.74) is 3.76. The molecule has 0 bridgehead atoms. The number of piperazine rings is 1. The lowest BCUT2D eigenvalue weighted by atomic mass is 10.1. The van der Waals surface area contributed by atoms with Gasteiger partial charge in [-0.25, -0.2) is 19.9 Å². The lowest BCUT2D eigenvalue weighted by Gasteiger charge is -2.34. The Bertz CT molecular complexity index is 984. The second kappa shape index (κ2) is 8.22. The molecule has 3 heterocycles. The van der Waals surface area contributed by atoms with Crippen molar-refractivity contribution in [2.45, 2.75) is 13.8 Å². The van der Waals surface area contributed by atoms with E-state index in [0.29, 0.717) is 43.6 Å². The fraction of sp³-hybridized carbons (Fsp3) is 0.286. The van der Waals surface area contributed by atoms with Crippen LogP contribution in [0.1, 0.15) is 21.5 Å². The van der Waals surface area contributed by atoms with Crippen molar-refractivity contribution < 1.29 is 4.79 Å². The van der Waals surface area contributed by atoms with E-state index < -0.39 is 0 Å². The quantitative estimate of drug-likeness (QED) is 0.734. The molecule has 4 rings (SSSR count). The van der Waals surface area contributed by atoms with Crippen LogP contribution in [0.3, 0.4) is 0 Å². The average molecular weight is 389 g/mol. The Kier molecular flexibility index (Phi) is 5.33. The first kappa shape index (κ1) is 18.8. The van der Waals surface area contributed by atoms with Crippen molar-refractivity contribution in [3.63, 3.8) is 0 Å². The molecule has 0 spiro atoms. The van der Waals surface area contributed by atoms with E-state index in [4.69, 9.17) is 0 Å². The maximum absolute atomic E-state index is 12.8. The van der Waals surface area contributed by atoms with Crippen LogP contribution in [0.25, 0.3) is 0 Å². The Morgan fingerprint density at radius 1 is 0.966 bits per heavy atom. The molecule has 1 amide bonds. The number of aryl methyl sites for hydroxylation is 2. The van der Waals surface area contributed by atoms with Crippen molar-refractivity contribution in [3.8, 4) is 0 Å². The highest BCUT2D eigenvalue weighted by Gasteiger charge is 2.23. The highest BCUT2D eigenvalue weighted by Crippen LogP contribution is 2.19. The van der Waals surface area contributed by atoms with Crippen LogP contribution in [0.2, 0.25) is 0 Å². The van der Waals surface area contributed by atoms with Crippen LogP contribution in [-0.2, 0) is 0 Å². The van der Waals surface area contributed by atoms with Crippen LogP contribution in [0.4, 0.5) is 17.6 Å². The van der Waals surface area contributed by atoms with E-state index >= 15 is 0 Å². The molecule has 8 heteroatoms. The van der Waals surface area contributed by atoms with E-state index in [-0.39, 0.29) is 5.91 Å². The maximum atomic E-state index is 12.8. The van der Waals surface area contributed by atoms with Crippen LogP contribution < -0.4 is 10.2 Å². The SMILES string of the molecule is Cc1ccc(Nc2ncc(C(=O)N3CCN(c4ncccn4)CC3)cn2)c(C)c1. The predicted octanol–water partition coefficient (Wildman–Crippen LogP) is 2.59. The first-order valence-corrected chi connectivity index (χ1v) is 9.58. The second-order valence-electron chi connectivity index (χ2n) is 7.07. The number of aromatic nitrogens is 4. The van der Waals surface area contributed by atoms with Gasteiger partial charge in [0.25, 0.3) is 5.91 Å². The number of nitrogens with one attached hydrogen (secondary N) is 1. The lowest BCUT2D eigenvalue weighted by Crippen LogP contribution is -2.49. The number of hydrogen-bond acceptors (Lipinski definition) is 7. The summed E-state index contributed by atoms with van der Waals surface area (Å²) in [6.45, 7) is 6.71. The number of nitrogens with zero attached hydrogens (tertiary/aromatic N) is 6. The van der Waals surface area contributed by atoms with Gasteiger partial charge in [-0.2, -0.15) is 0 Å². The highest BCUT2D eigenvalue weighted by atomic mass is 16.2. The van der Waals surface area contributed by atoms with Crippen LogP contribution in [0.15, 0.2) is 49.1 Å². The minimum absolute atomic E-state index is 0.0586. The standard InChI is InChI=1S/C21H23N7O/c1-15-4-5-18(16(2)12-15)26-20-24-13-17(14-25-20)19(29)27-8-10-28(11-9-27)21-22-6-3-7-23-21/h3-7,12-14H,8-11H2,1-2H3,(H,24,25,26). The topological polar surface area (TPSA) is 87.1 Å². The summed E-state index contributed by atoms with van der Waals surface area (Å²) < 4.78 is 0. The Balaban J connectivity index is 1.37. The van der Waals surface area contributed by atoms with E-state index in [9.17, 15) is 4.79 Å². The third-order valence-corrected chi connectivity index (χ3v) is 4.93. The lowest BCUT2D eigenvalue weighted by molar-refractivity contribution is 0.0745. The Labute approximate surface area is 169 Å². The van der Waals surface area contributed by atoms with E-state index in [1.165, 1.54) is 5.56 Å². The molecule has 148 valence electrons. The van der Waals surface area contributed by atoms with Crippen molar-refractivity contribution in [1.82, 2.24) is 24.8 Å². The molecule has 1 aromatic carbocycles. The summed E-state index contributed by atoms with van der Waals surface area (Å²) in [4.78, 5) is 33.8. The molecule has 2 aromatic heterocycles. The first-order chi connectivity index (χ1) is 14.1. The van der Waals surface area contributed by atoms with Gasteiger partial charge in [0.1, 0.15) is 0 Å². The largest absolute Gasteiger partial charge is 0.337 e. The van der Waals surface area contributed by atoms with Gasteiger partial charge in [0.15, 0.2) is 0 Å². The molecule has 0 aliphatic carbocycles. The maximum Gasteiger partial charge on any atom is 0.257 e. The van der Waals surface area contributed by atoms with Gasteiger partial charge in [-0.05, 0) is 31.5 Å². The van der Waals surface area contributed by atoms with Gasteiger partial charge in [0.2, 0.25) is 11.9 Å². The van der Waals surface area contributed by atoms with Gasteiger partial charge < -0.3 is 15.1 Å². The summed E-state index contributed by atoms with van der Waals surface area (Å²) >= 11 is 0. The number of carbonyl (C=O) groups excluding carboxylic acids is 1. The van der Waals surface area contributed by atoms with Crippen molar-refractivity contribution in [2.24, 2.45) is 0 Å². The molecule has 0 radical (unpaired) electrons. The molecule has 1 aliphatic heterocycles. The van der Waals surface area contributed by atoms with Gasteiger partial charge >= 0.3 is 0 Å². The van der Waals surface area contributed by atoms with Gasteiger partial charge in [-0.1, -0.05) is 17.7 Å². The average Bonchev–Trinajstić information content (AvgIpc) is 2.76. The molecule has 0 unspecified atom stereocenters. The van der Waals surface area contributed by atoms with E-state index in [1.54, 1.807) is 30.9 Å². The molecule has 1 N–H and O–H groups in total. The summed E-state index contributed by atoms with van der Waals surface area (Å²) in [5.74, 6) is 1.11. The molecular formula is C21H23N7O. The highest BCUT2D eigenvalue weighted by molar-refractivity contribution is 5.93. The van der Waals surface area contributed by atoms with Crippen LogP contribution in [0.5, 0.6) is 0 Å². The van der Waals surface area contributed by atoms with Crippen molar-refractivity contribution in [2.75, 3.05) is 36.4 Å². The summed E-state index contributed by atoms with van der Waals surface area (Å²) in [5, 5.41) is 3.20. The van der Waals surface area contributed by atoms with Crippen LogP contribution in [-0.4, -0.2) is 56.9 Å². The Morgan fingerprint density at radius 3 is 2.31 bits per heavy atom. The number of rotatable bonds is 4. The fourth-order valence-electron chi connectivity index (χ4n) is 3.32. The monoisotopic (exact) mass is 389 g/mol. The van der Waals surface area contributed by atoms with E-state index in [2.05, 4.69) is 43.1 Å². The second-order valence-corrected chi connectivity index (χ2v) is 7.07. The number of anilines is 3. The molecule has 1 saturated heterocycles. The number of benzene rings is 1. The molecule has 1 aliphatic rings. The summed E-state index contributed by atoms with van der Waals surface area (Å²) in [7, 11) is 0. The molecule has 1 fully saturated rings. The third-order valence-electron chi connectivity index (χ3n) is 4.93. The summed E-state index contributed by atoms with van der Waals surface area (Å²) in [6, 6.07) is 7.93. The smallest absolute Gasteiger partial charge is 0.257 e. The fourth-order valence-corrected chi connectivity index (χ4v) is 3.32. The third kappa shape index (κ3) is 4.31. The molecule has 0 saturated carbocycles. The molecule has 3 aromatic rings. The zero-order valence-corrected chi connectivity index (χ0v) is 16.5. The van der Waals surface area contributed by atoms with Gasteiger partial charge in [-0.15, -0.1) is 0 Å². The van der Waals surface area contributed by atoms with Crippen molar-refractivity contribution >= 4 is 23.5 Å². The van der Waals surface area contributed by atoms with Crippen LogP contribution in [0, 0.1) is 13.8 Å².